The molecule has 3 rings (SSSR count). The molecule has 1 heterocycles. The highest BCUT2D eigenvalue weighted by Gasteiger charge is 2.30. The third-order valence-corrected chi connectivity index (χ3v) is 4.66. The molecule has 0 bridgehead atoms. The number of nitrogens with one attached hydrogen (secondary N) is 1. The average Bonchev–Trinajstić information content (AvgIpc) is 2.57. The van der Waals surface area contributed by atoms with Crippen molar-refractivity contribution in [3.63, 3.8) is 0 Å². The number of halogens is 1. The summed E-state index contributed by atoms with van der Waals surface area (Å²) in [6, 6.07) is 11.9. The van der Waals surface area contributed by atoms with Gasteiger partial charge in [0.05, 0.1) is 12.5 Å². The van der Waals surface area contributed by atoms with E-state index in [4.69, 9.17) is 0 Å². The molecule has 25 heavy (non-hydrogen) atoms. The molecule has 0 saturated carbocycles. The van der Waals surface area contributed by atoms with E-state index in [1.165, 1.54) is 24.6 Å². The van der Waals surface area contributed by atoms with Crippen molar-refractivity contribution in [2.24, 2.45) is 0 Å². The molecule has 2 amide bonds. The molecular formula is C20H21FN2O2. The summed E-state index contributed by atoms with van der Waals surface area (Å²) in [4.78, 5) is 26.3. The first-order valence-electron chi connectivity index (χ1n) is 8.36. The molecule has 2 aromatic rings. The third kappa shape index (κ3) is 3.71. The number of amides is 2. The number of benzene rings is 2. The molecule has 2 aromatic carbocycles. The minimum atomic E-state index is -0.334. The molecule has 5 heteroatoms. The van der Waals surface area contributed by atoms with Gasteiger partial charge in [0.1, 0.15) is 5.82 Å². The van der Waals surface area contributed by atoms with Crippen molar-refractivity contribution in [2.75, 3.05) is 11.9 Å². The van der Waals surface area contributed by atoms with Gasteiger partial charge in [-0.05, 0) is 48.2 Å². The molecule has 0 fully saturated rings. The smallest absolute Gasteiger partial charge is 0.226 e. The number of hydrogen-bond donors (Lipinski definition) is 1. The van der Waals surface area contributed by atoms with Crippen molar-refractivity contribution in [2.45, 2.75) is 32.7 Å². The third-order valence-electron chi connectivity index (χ3n) is 4.66. The maximum Gasteiger partial charge on any atom is 0.226 e. The quantitative estimate of drug-likeness (QED) is 0.928. The summed E-state index contributed by atoms with van der Waals surface area (Å²) >= 11 is 0. The van der Waals surface area contributed by atoms with Gasteiger partial charge >= 0.3 is 0 Å². The zero-order chi connectivity index (χ0) is 18.0. The van der Waals surface area contributed by atoms with Crippen LogP contribution in [0, 0.1) is 12.7 Å². The Labute approximate surface area is 146 Å². The Morgan fingerprint density at radius 3 is 2.72 bits per heavy atom. The van der Waals surface area contributed by atoms with Crippen LogP contribution in [0.4, 0.5) is 10.1 Å². The Morgan fingerprint density at radius 1 is 1.24 bits per heavy atom. The van der Waals surface area contributed by atoms with Crippen molar-refractivity contribution in [3.05, 3.63) is 65.0 Å². The Bertz CT molecular complexity index is 819. The van der Waals surface area contributed by atoms with E-state index in [0.717, 1.165) is 12.0 Å². The van der Waals surface area contributed by atoms with Crippen LogP contribution in [-0.2, 0) is 16.0 Å². The van der Waals surface area contributed by atoms with Crippen molar-refractivity contribution >= 4 is 17.5 Å². The monoisotopic (exact) mass is 340 g/mol. The average molecular weight is 340 g/mol. The van der Waals surface area contributed by atoms with Gasteiger partial charge in [0.2, 0.25) is 11.8 Å². The van der Waals surface area contributed by atoms with Crippen molar-refractivity contribution in [1.82, 2.24) is 4.90 Å². The highest BCUT2D eigenvalue weighted by atomic mass is 19.1. The SMILES string of the molecule is CC(=O)N1CCc2ccccc2C1CC(=O)Nc1ccc(F)cc1C. The van der Waals surface area contributed by atoms with Crippen LogP contribution in [0.3, 0.4) is 0 Å². The fourth-order valence-corrected chi connectivity index (χ4v) is 3.39. The van der Waals surface area contributed by atoms with Crippen LogP contribution < -0.4 is 5.32 Å². The Kier molecular flexibility index (Phi) is 4.83. The number of carbonyl (C=O) groups is 2. The van der Waals surface area contributed by atoms with Crippen LogP contribution in [0.5, 0.6) is 0 Å². The molecule has 4 nitrogen and oxygen atoms in total. The fraction of sp³-hybridized carbons (Fsp3) is 0.300. The predicted octanol–water partition coefficient (Wildman–Crippen LogP) is 3.61. The molecule has 0 spiro atoms. The zero-order valence-electron chi connectivity index (χ0n) is 14.4. The summed E-state index contributed by atoms with van der Waals surface area (Å²) in [5.41, 5.74) is 3.45. The number of hydrogen-bond acceptors (Lipinski definition) is 2. The van der Waals surface area contributed by atoms with Gasteiger partial charge in [-0.25, -0.2) is 4.39 Å². The van der Waals surface area contributed by atoms with E-state index < -0.39 is 0 Å². The summed E-state index contributed by atoms with van der Waals surface area (Å²) in [5.74, 6) is -0.563. The second-order valence-electron chi connectivity index (χ2n) is 6.39. The molecule has 1 N–H and O–H groups in total. The van der Waals surface area contributed by atoms with Gasteiger partial charge in [0.15, 0.2) is 0 Å². The van der Waals surface area contributed by atoms with E-state index >= 15 is 0 Å². The van der Waals surface area contributed by atoms with Crippen LogP contribution in [0.25, 0.3) is 0 Å². The number of fused-ring (bicyclic) bond motifs is 1. The molecular weight excluding hydrogens is 319 g/mol. The van der Waals surface area contributed by atoms with Gasteiger partial charge in [-0.3, -0.25) is 9.59 Å². The number of carbonyl (C=O) groups excluding carboxylic acids is 2. The molecule has 0 saturated heterocycles. The van der Waals surface area contributed by atoms with E-state index in [2.05, 4.69) is 5.32 Å². The summed E-state index contributed by atoms with van der Waals surface area (Å²) in [6.45, 7) is 3.89. The number of rotatable bonds is 3. The Balaban J connectivity index is 1.81. The van der Waals surface area contributed by atoms with Crippen molar-refractivity contribution in [3.8, 4) is 0 Å². The first-order chi connectivity index (χ1) is 12.0. The molecule has 0 aromatic heterocycles. The zero-order valence-corrected chi connectivity index (χ0v) is 14.4. The van der Waals surface area contributed by atoms with Gasteiger partial charge in [0, 0.05) is 19.2 Å². The molecule has 0 aliphatic carbocycles. The lowest BCUT2D eigenvalue weighted by Gasteiger charge is -2.36. The molecule has 1 aliphatic heterocycles. The minimum absolute atomic E-state index is 0.0368. The second-order valence-corrected chi connectivity index (χ2v) is 6.39. The van der Waals surface area contributed by atoms with E-state index in [1.807, 2.05) is 24.3 Å². The van der Waals surface area contributed by atoms with Crippen LogP contribution in [0.2, 0.25) is 0 Å². The Morgan fingerprint density at radius 2 is 2.00 bits per heavy atom. The summed E-state index contributed by atoms with van der Waals surface area (Å²) < 4.78 is 13.2. The first kappa shape index (κ1) is 17.1. The molecule has 0 radical (unpaired) electrons. The van der Waals surface area contributed by atoms with Crippen molar-refractivity contribution < 1.29 is 14.0 Å². The van der Waals surface area contributed by atoms with Crippen LogP contribution >= 0.6 is 0 Å². The van der Waals surface area contributed by atoms with E-state index in [-0.39, 0.29) is 30.1 Å². The van der Waals surface area contributed by atoms with Gasteiger partial charge in [0.25, 0.3) is 0 Å². The second kappa shape index (κ2) is 7.05. The maximum atomic E-state index is 13.2. The lowest BCUT2D eigenvalue weighted by Crippen LogP contribution is -2.40. The lowest BCUT2D eigenvalue weighted by molar-refractivity contribution is -0.132. The standard InChI is InChI=1S/C20H21FN2O2/c1-13-11-16(21)7-8-18(13)22-20(25)12-19-17-6-4-3-5-15(17)9-10-23(19)14(2)24/h3-8,11,19H,9-10,12H2,1-2H3,(H,22,25). The highest BCUT2D eigenvalue weighted by Crippen LogP contribution is 2.32. The molecule has 1 atom stereocenters. The predicted molar refractivity (Wildman–Crippen MR) is 94.7 cm³/mol. The normalized spacial score (nSPS) is 16.3. The number of aryl methyl sites for hydroxylation is 1. The largest absolute Gasteiger partial charge is 0.335 e. The van der Waals surface area contributed by atoms with E-state index in [9.17, 15) is 14.0 Å². The van der Waals surface area contributed by atoms with Crippen LogP contribution in [-0.4, -0.2) is 23.3 Å². The number of nitrogens with zero attached hydrogens (tertiary/aromatic N) is 1. The molecule has 1 aliphatic rings. The van der Waals surface area contributed by atoms with E-state index in [1.54, 1.807) is 17.9 Å². The summed E-state index contributed by atoms with van der Waals surface area (Å²) in [7, 11) is 0. The highest BCUT2D eigenvalue weighted by molar-refractivity contribution is 5.92. The van der Waals surface area contributed by atoms with Crippen LogP contribution in [0.1, 0.15) is 36.1 Å². The van der Waals surface area contributed by atoms with Crippen LogP contribution in [0.15, 0.2) is 42.5 Å². The minimum Gasteiger partial charge on any atom is -0.335 e. The molecule has 1 unspecified atom stereocenters. The fourth-order valence-electron chi connectivity index (χ4n) is 3.39. The van der Waals surface area contributed by atoms with E-state index in [0.29, 0.717) is 17.8 Å². The molecule has 130 valence electrons. The first-order valence-corrected chi connectivity index (χ1v) is 8.36. The van der Waals surface area contributed by atoms with Crippen molar-refractivity contribution in [1.29, 1.82) is 0 Å². The maximum absolute atomic E-state index is 13.2. The van der Waals surface area contributed by atoms with Gasteiger partial charge in [-0.2, -0.15) is 0 Å². The summed E-state index contributed by atoms with van der Waals surface area (Å²) in [5, 5.41) is 2.83. The van der Waals surface area contributed by atoms with Gasteiger partial charge < -0.3 is 10.2 Å². The Hall–Kier alpha value is -2.69. The topological polar surface area (TPSA) is 49.4 Å². The van der Waals surface area contributed by atoms with Gasteiger partial charge in [-0.1, -0.05) is 24.3 Å². The summed E-state index contributed by atoms with van der Waals surface area (Å²) in [6.07, 6.45) is 0.971. The number of anilines is 1. The van der Waals surface area contributed by atoms with Gasteiger partial charge in [-0.15, -0.1) is 0 Å². The lowest BCUT2D eigenvalue weighted by atomic mass is 9.90.